The van der Waals surface area contributed by atoms with Gasteiger partial charge in [-0.25, -0.2) is 9.59 Å². The van der Waals surface area contributed by atoms with Crippen LogP contribution in [0.3, 0.4) is 0 Å². The van der Waals surface area contributed by atoms with Crippen molar-refractivity contribution < 1.29 is 81.9 Å². The van der Waals surface area contributed by atoms with Crippen LogP contribution < -0.4 is 64.0 Å². The number of fused-ring (bicyclic) bond motifs is 4. The molecule has 32 nitrogen and oxygen atoms in total. The first-order chi connectivity index (χ1) is 55.2. The molecule has 0 spiro atoms. The Balaban J connectivity index is 0.000000417. The highest BCUT2D eigenvalue weighted by Gasteiger charge is 2.25. The highest BCUT2D eigenvalue weighted by molar-refractivity contribution is 7.80. The first-order valence-corrected chi connectivity index (χ1v) is 35.7. The molecule has 4 aliphatic rings. The lowest BCUT2D eigenvalue weighted by molar-refractivity contribution is -0.125. The number of nitrogens with one attached hydrogen (secondary N) is 10. The number of benzene rings is 9. The Bertz CT molecular complexity index is 5300. The van der Waals surface area contributed by atoms with Crippen molar-refractivity contribution in [2.45, 2.75) is 51.0 Å². The molecule has 2 aliphatic carbocycles. The Hall–Kier alpha value is -14.4. The fourth-order valence-electron chi connectivity index (χ4n) is 11.1. The number of ketones is 1. The molecule has 14 N–H and O–H groups in total. The molecule has 120 heavy (non-hydrogen) atoms. The molecule has 632 valence electrons. The number of rotatable bonds is 27. The number of carbonyl (C=O) groups excluding carboxylic acids is 7. The number of carboxylic acids is 2. The molecular weight excluding hydrogens is 1580 g/mol. The molecule has 7 aromatic rings. The van der Waals surface area contributed by atoms with E-state index in [0.717, 1.165) is 0 Å². The maximum atomic E-state index is 12.3. The maximum absolute atomic E-state index is 12.3. The van der Waals surface area contributed by atoms with Gasteiger partial charge in [-0.2, -0.15) is 0 Å². The van der Waals surface area contributed by atoms with Gasteiger partial charge < -0.3 is 91.9 Å². The van der Waals surface area contributed by atoms with Crippen molar-refractivity contribution in [1.29, 1.82) is 0 Å². The lowest BCUT2D eigenvalue weighted by Gasteiger charge is -2.18. The molecule has 2 heterocycles. The smallest absolute Gasteiger partial charge is 0.336 e. The van der Waals surface area contributed by atoms with E-state index in [1.807, 2.05) is 6.07 Å². The van der Waals surface area contributed by atoms with Gasteiger partial charge in [0.05, 0.1) is 11.1 Å². The Labute approximate surface area is 702 Å². The largest absolute Gasteiger partial charge is 0.508 e. The van der Waals surface area contributed by atoms with Gasteiger partial charge in [-0.1, -0.05) is 109 Å². The number of carbonyl (C=O) groups is 9. The number of thiocarbonyl (C=S) groups is 2. The third-order valence-electron chi connectivity index (χ3n) is 16.2. The number of hydrogen-bond donors (Lipinski definition) is 14. The van der Waals surface area contributed by atoms with Crippen molar-refractivity contribution in [3.05, 3.63) is 252 Å². The summed E-state index contributed by atoms with van der Waals surface area (Å²) in [5.41, 5.74) is 14.8. The standard InChI is InChI=1S/2C25H21N3O6S.C19H20N2O4.C12H15N5O3.5CH4/c2*1-13(29)26-8-9-27-25(35)28-14-2-5-17(20(10-14)24(32)33)23-18-6-3-15(30)11-21(18)34-22-12-16(31)4-7-19(22)23;1-25-13-17(22)20-11-12-21-19(24)16-9-7-15(8-10-16)18(23)14-5-3-2-4-6-14;1-20-8-11(18)14-6-7-15-12(19)9-2-4-10(5-3-9)16-17-13;;;;;/h2*2-7,10-12,30H,8-9H2,1H3,(H,26,29)(H,32,33)(H2,27,28,35);2-10H,11-13H2,1H3,(H,20,22)(H,21,24);2-5H,6-8H2,1H3,(H,14,18)(H,15,19);5*1H4. The predicted molar refractivity (Wildman–Crippen MR) is 472 cm³/mol. The Morgan fingerprint density at radius 1 is 0.425 bits per heavy atom. The van der Waals surface area contributed by atoms with Crippen molar-refractivity contribution in [2.24, 2.45) is 5.11 Å². The number of hydrogen-bond acceptors (Lipinski definition) is 20. The van der Waals surface area contributed by atoms with Crippen molar-refractivity contribution >= 4 is 127 Å². The summed E-state index contributed by atoms with van der Waals surface area (Å²) in [5.74, 6) is -3.21. The molecule has 0 atom stereocenters. The summed E-state index contributed by atoms with van der Waals surface area (Å²) in [4.78, 5) is 131. The summed E-state index contributed by atoms with van der Waals surface area (Å²) in [5, 5.41) is 72.6. The highest BCUT2D eigenvalue weighted by atomic mass is 32.1. The van der Waals surface area contributed by atoms with E-state index in [-0.39, 0.29) is 147 Å². The molecule has 11 rings (SSSR count). The lowest BCUT2D eigenvalue weighted by atomic mass is 9.90. The van der Waals surface area contributed by atoms with E-state index in [1.54, 1.807) is 121 Å². The van der Waals surface area contributed by atoms with Crippen molar-refractivity contribution in [2.75, 3.05) is 90.4 Å². The number of anilines is 2. The summed E-state index contributed by atoms with van der Waals surface area (Å²) >= 11 is 10.5. The Morgan fingerprint density at radius 3 is 1.17 bits per heavy atom. The maximum Gasteiger partial charge on any atom is 0.336 e. The molecule has 2 aliphatic heterocycles. The average Bonchev–Trinajstić information content (AvgIpc) is 0.753. The van der Waals surface area contributed by atoms with Crippen LogP contribution in [0.2, 0.25) is 0 Å². The molecule has 0 fully saturated rings. The number of phenolic OH excluding ortho intramolecular Hbond substituents is 2. The topological polar surface area (TPSA) is 482 Å². The van der Waals surface area contributed by atoms with Gasteiger partial charge in [-0.15, -0.1) is 0 Å². The highest BCUT2D eigenvalue weighted by Crippen LogP contribution is 2.44. The first kappa shape index (κ1) is 99.8. The number of nitrogens with zero attached hydrogens (tertiary/aromatic N) is 3. The number of methoxy groups -OCH3 is 2. The second-order valence-electron chi connectivity index (χ2n) is 24.6. The number of amides is 6. The number of aromatic hydroxyl groups is 2. The van der Waals surface area contributed by atoms with E-state index in [4.69, 9.17) is 38.8 Å². The summed E-state index contributed by atoms with van der Waals surface area (Å²) in [6.07, 6.45) is 0. The number of phenols is 2. The van der Waals surface area contributed by atoms with Crippen LogP contribution in [-0.2, 0) is 28.7 Å². The summed E-state index contributed by atoms with van der Waals surface area (Å²) < 4.78 is 21.0. The fourth-order valence-corrected chi connectivity index (χ4v) is 11.5. The minimum absolute atomic E-state index is 0. The molecule has 34 heteroatoms. The van der Waals surface area contributed by atoms with Gasteiger partial charge in [-0.05, 0) is 138 Å². The third-order valence-corrected chi connectivity index (χ3v) is 16.7. The minimum atomic E-state index is -1.16. The van der Waals surface area contributed by atoms with Gasteiger partial charge in [0.2, 0.25) is 23.6 Å². The SMILES string of the molecule is C.C.C.C.C.CC(=O)NCCNC(=S)Nc1ccc(-c2c3ccc(=O)cc-3oc3cc(O)ccc23)c(C(=O)O)c1.CC(=O)NCCNC(=S)Nc1ccc(-c2c3ccc(=O)cc-3oc3cc(O)ccc23)c(C(=O)O)c1.COCC(=O)NCCNC(=O)c1ccc(C(=O)c2ccccc2)cc1.COCC(=O)NCCNC(=O)c1ccc(N=[N+]=[N-])cc1. The summed E-state index contributed by atoms with van der Waals surface area (Å²) in [7, 11) is 2.87. The van der Waals surface area contributed by atoms with Gasteiger partial charge in [0.25, 0.3) is 11.8 Å². The number of carboxylic acid groups (broad SMARTS) is 2. The number of aromatic carboxylic acids is 2. The zero-order valence-corrected chi connectivity index (χ0v) is 63.7. The molecule has 7 aromatic carbocycles. The van der Waals surface area contributed by atoms with Gasteiger partial charge in [0, 0.05) is 182 Å². The van der Waals surface area contributed by atoms with Gasteiger partial charge in [0.1, 0.15) is 47.4 Å². The molecule has 6 amide bonds. The Morgan fingerprint density at radius 2 is 0.783 bits per heavy atom. The van der Waals surface area contributed by atoms with E-state index in [9.17, 15) is 73.2 Å². The van der Waals surface area contributed by atoms with Crippen LogP contribution in [-0.4, -0.2) is 164 Å². The van der Waals surface area contributed by atoms with Crippen LogP contribution in [0.1, 0.15) is 108 Å². The molecule has 0 unspecified atom stereocenters. The van der Waals surface area contributed by atoms with Gasteiger partial charge >= 0.3 is 11.9 Å². The van der Waals surface area contributed by atoms with Gasteiger partial charge in [0.15, 0.2) is 26.9 Å². The predicted octanol–water partition coefficient (Wildman–Crippen LogP) is 12.5. The van der Waals surface area contributed by atoms with Crippen molar-refractivity contribution in [3.63, 3.8) is 0 Å². The summed E-state index contributed by atoms with van der Waals surface area (Å²) in [6.45, 7) is 5.65. The second kappa shape index (κ2) is 49.5. The zero-order chi connectivity index (χ0) is 83.1. The van der Waals surface area contributed by atoms with E-state index in [2.05, 4.69) is 72.7 Å². The molecule has 0 radical (unpaired) electrons. The monoisotopic (exact) mass is 1680 g/mol. The van der Waals surface area contributed by atoms with Crippen LogP contribution in [0.4, 0.5) is 17.1 Å². The van der Waals surface area contributed by atoms with Gasteiger partial charge in [-0.3, -0.25) is 43.2 Å². The van der Waals surface area contributed by atoms with Crippen LogP contribution in [0, 0.1) is 0 Å². The van der Waals surface area contributed by atoms with Crippen LogP contribution in [0.25, 0.3) is 77.3 Å². The normalized spacial score (nSPS) is 9.97. The molecule has 0 aromatic heterocycles. The second-order valence-corrected chi connectivity index (χ2v) is 25.4. The third kappa shape index (κ3) is 29.4. The zero-order valence-electron chi connectivity index (χ0n) is 62.0. The molecule has 0 saturated carbocycles. The van der Waals surface area contributed by atoms with Crippen LogP contribution in [0.15, 0.2) is 212 Å². The number of ether oxygens (including phenoxy) is 2. The number of azide groups is 1. The molecular formula is C86H97N13O19S2. The van der Waals surface area contributed by atoms with Crippen molar-refractivity contribution in [3.8, 4) is 56.4 Å². The van der Waals surface area contributed by atoms with Crippen LogP contribution >= 0.6 is 24.4 Å². The fraction of sp³-hybridized carbons (Fsp3) is 0.221. The summed E-state index contributed by atoms with van der Waals surface area (Å²) in [6, 6.07) is 48.9. The van der Waals surface area contributed by atoms with Crippen molar-refractivity contribution in [1.82, 2.24) is 42.5 Å². The average molecular weight is 1680 g/mol. The van der Waals surface area contributed by atoms with E-state index >= 15 is 0 Å². The molecule has 0 bridgehead atoms. The molecule has 0 saturated heterocycles. The van der Waals surface area contributed by atoms with E-state index in [0.29, 0.717) is 147 Å². The quantitative estimate of drug-likeness (QED) is 0.00432. The van der Waals surface area contributed by atoms with E-state index in [1.165, 1.54) is 88.7 Å². The van der Waals surface area contributed by atoms with Crippen LogP contribution in [0.5, 0.6) is 11.5 Å². The Kier molecular flexibility index (Phi) is 41.1. The minimum Gasteiger partial charge on any atom is -0.508 e. The lowest BCUT2D eigenvalue weighted by Crippen LogP contribution is -2.36. The van der Waals surface area contributed by atoms with E-state index < -0.39 is 11.9 Å². The first-order valence-electron chi connectivity index (χ1n) is 34.9.